The van der Waals surface area contributed by atoms with Crippen LogP contribution in [0.25, 0.3) is 0 Å². The number of halogens is 2. The number of hydrogen-bond donors (Lipinski definition) is 1. The standard InChI is InChI=1S/C17H16ClFN2O/c1-2-3-16(12-6-10-15(19)11-7-12)20-21-17(22)13-4-8-14(18)9-5-13/h4-11H,2-3H2,1H3,(H,21,22). The Bertz CT molecular complexity index is 666. The predicted molar refractivity (Wildman–Crippen MR) is 86.8 cm³/mol. The van der Waals surface area contributed by atoms with Crippen LogP contribution in [0.15, 0.2) is 53.6 Å². The Labute approximate surface area is 133 Å². The van der Waals surface area contributed by atoms with Gasteiger partial charge in [-0.1, -0.05) is 37.1 Å². The fourth-order valence-electron chi connectivity index (χ4n) is 1.93. The average molecular weight is 319 g/mol. The molecule has 0 atom stereocenters. The van der Waals surface area contributed by atoms with Crippen molar-refractivity contribution in [3.05, 3.63) is 70.5 Å². The van der Waals surface area contributed by atoms with Crippen molar-refractivity contribution in [3.8, 4) is 0 Å². The van der Waals surface area contributed by atoms with Gasteiger partial charge in [-0.2, -0.15) is 5.10 Å². The Morgan fingerprint density at radius 1 is 1.09 bits per heavy atom. The highest BCUT2D eigenvalue weighted by atomic mass is 35.5. The van der Waals surface area contributed by atoms with E-state index in [1.54, 1.807) is 36.4 Å². The molecule has 0 bridgehead atoms. The van der Waals surface area contributed by atoms with Gasteiger partial charge in [0.15, 0.2) is 0 Å². The van der Waals surface area contributed by atoms with Crippen LogP contribution in [0, 0.1) is 5.82 Å². The van der Waals surface area contributed by atoms with Crippen LogP contribution < -0.4 is 5.43 Å². The zero-order valence-corrected chi connectivity index (χ0v) is 12.9. The number of nitrogens with one attached hydrogen (secondary N) is 1. The van der Waals surface area contributed by atoms with Crippen molar-refractivity contribution >= 4 is 23.2 Å². The maximum atomic E-state index is 13.0. The van der Waals surface area contributed by atoms with Crippen molar-refractivity contribution in [2.24, 2.45) is 5.10 Å². The second-order valence-corrected chi connectivity index (χ2v) is 5.20. The minimum atomic E-state index is -0.313. The molecule has 0 aromatic heterocycles. The number of rotatable bonds is 5. The largest absolute Gasteiger partial charge is 0.271 e. The van der Waals surface area contributed by atoms with Crippen LogP contribution in [0.2, 0.25) is 5.02 Å². The second-order valence-electron chi connectivity index (χ2n) is 4.76. The second kappa shape index (κ2) is 7.71. The summed E-state index contributed by atoms with van der Waals surface area (Å²) in [4.78, 5) is 12.0. The third kappa shape index (κ3) is 4.40. The summed E-state index contributed by atoms with van der Waals surface area (Å²) >= 11 is 5.79. The van der Waals surface area contributed by atoms with E-state index in [2.05, 4.69) is 10.5 Å². The average Bonchev–Trinajstić information content (AvgIpc) is 2.53. The first kappa shape index (κ1) is 16.2. The lowest BCUT2D eigenvalue weighted by atomic mass is 10.1. The Morgan fingerprint density at radius 2 is 1.68 bits per heavy atom. The lowest BCUT2D eigenvalue weighted by molar-refractivity contribution is 0.0955. The molecule has 0 spiro atoms. The van der Waals surface area contributed by atoms with Crippen LogP contribution in [0.1, 0.15) is 35.7 Å². The maximum Gasteiger partial charge on any atom is 0.271 e. The summed E-state index contributed by atoms with van der Waals surface area (Å²) < 4.78 is 13.0. The smallest absolute Gasteiger partial charge is 0.267 e. The van der Waals surface area contributed by atoms with Crippen LogP contribution >= 0.6 is 11.6 Å². The third-order valence-corrected chi connectivity index (χ3v) is 3.32. The summed E-state index contributed by atoms with van der Waals surface area (Å²) in [6.07, 6.45) is 1.56. The SMILES string of the molecule is CCCC(=NNC(=O)c1ccc(Cl)cc1)c1ccc(F)cc1. The molecule has 3 nitrogen and oxygen atoms in total. The summed E-state index contributed by atoms with van der Waals surface area (Å²) in [5.74, 6) is -0.614. The molecule has 2 aromatic carbocycles. The van der Waals surface area contributed by atoms with Crippen LogP contribution in [0.5, 0.6) is 0 Å². The van der Waals surface area contributed by atoms with E-state index in [1.165, 1.54) is 12.1 Å². The molecule has 0 heterocycles. The molecule has 1 amide bonds. The van der Waals surface area contributed by atoms with E-state index >= 15 is 0 Å². The first-order chi connectivity index (χ1) is 10.6. The van der Waals surface area contributed by atoms with Crippen molar-refractivity contribution in [1.29, 1.82) is 0 Å². The van der Waals surface area contributed by atoms with Gasteiger partial charge in [-0.3, -0.25) is 4.79 Å². The number of carbonyl (C=O) groups excluding carboxylic acids is 1. The number of amides is 1. The van der Waals surface area contributed by atoms with Crippen LogP contribution in [0.3, 0.4) is 0 Å². The third-order valence-electron chi connectivity index (χ3n) is 3.06. The van der Waals surface area contributed by atoms with E-state index in [4.69, 9.17) is 11.6 Å². The normalized spacial score (nSPS) is 11.3. The fraction of sp³-hybridized carbons (Fsp3) is 0.176. The number of hydrazone groups is 1. The number of hydrogen-bond acceptors (Lipinski definition) is 2. The molecule has 0 aliphatic carbocycles. The van der Waals surface area contributed by atoms with Gasteiger partial charge in [0, 0.05) is 10.6 Å². The number of benzene rings is 2. The molecular formula is C17H16ClFN2O. The van der Waals surface area contributed by atoms with E-state index in [9.17, 15) is 9.18 Å². The van der Waals surface area contributed by atoms with Gasteiger partial charge in [0.05, 0.1) is 5.71 Å². The van der Waals surface area contributed by atoms with Crippen LogP contribution in [-0.2, 0) is 0 Å². The monoisotopic (exact) mass is 318 g/mol. The molecule has 0 fully saturated rings. The molecule has 1 N–H and O–H groups in total. The molecule has 0 saturated heterocycles. The first-order valence-electron chi connectivity index (χ1n) is 6.98. The van der Waals surface area contributed by atoms with Crippen molar-refractivity contribution in [3.63, 3.8) is 0 Å². The lowest BCUT2D eigenvalue weighted by Gasteiger charge is -2.07. The Kier molecular flexibility index (Phi) is 5.67. The lowest BCUT2D eigenvalue weighted by Crippen LogP contribution is -2.20. The van der Waals surface area contributed by atoms with Crippen molar-refractivity contribution in [2.75, 3.05) is 0 Å². The summed E-state index contributed by atoms with van der Waals surface area (Å²) in [5, 5.41) is 4.74. The summed E-state index contributed by atoms with van der Waals surface area (Å²) in [7, 11) is 0. The molecule has 2 aromatic rings. The van der Waals surface area contributed by atoms with Gasteiger partial charge in [0.1, 0.15) is 5.82 Å². The molecule has 0 aliphatic heterocycles. The molecule has 0 aliphatic rings. The fourth-order valence-corrected chi connectivity index (χ4v) is 2.05. The highest BCUT2D eigenvalue weighted by molar-refractivity contribution is 6.30. The number of nitrogens with zero attached hydrogens (tertiary/aromatic N) is 1. The highest BCUT2D eigenvalue weighted by Gasteiger charge is 2.07. The Hall–Kier alpha value is -2.20. The maximum absolute atomic E-state index is 13.0. The minimum Gasteiger partial charge on any atom is -0.267 e. The predicted octanol–water partition coefficient (Wildman–Crippen LogP) is 4.41. The summed E-state index contributed by atoms with van der Waals surface area (Å²) in [6.45, 7) is 2.01. The number of carbonyl (C=O) groups is 1. The van der Waals surface area contributed by atoms with Gasteiger partial charge in [-0.15, -0.1) is 0 Å². The zero-order valence-electron chi connectivity index (χ0n) is 12.1. The van der Waals surface area contributed by atoms with Crippen LogP contribution in [0.4, 0.5) is 4.39 Å². The van der Waals surface area contributed by atoms with Gasteiger partial charge >= 0.3 is 0 Å². The Morgan fingerprint density at radius 3 is 2.27 bits per heavy atom. The van der Waals surface area contributed by atoms with Gasteiger partial charge in [-0.05, 0) is 48.4 Å². The van der Waals surface area contributed by atoms with E-state index in [0.717, 1.165) is 12.0 Å². The molecule has 0 saturated carbocycles. The molecule has 114 valence electrons. The Balaban J connectivity index is 2.14. The van der Waals surface area contributed by atoms with E-state index in [0.29, 0.717) is 22.7 Å². The zero-order chi connectivity index (χ0) is 15.9. The summed E-state index contributed by atoms with van der Waals surface area (Å²) in [5.41, 5.74) is 4.51. The van der Waals surface area contributed by atoms with Gasteiger partial charge in [-0.25, -0.2) is 9.82 Å². The first-order valence-corrected chi connectivity index (χ1v) is 7.36. The highest BCUT2D eigenvalue weighted by Crippen LogP contribution is 2.10. The minimum absolute atomic E-state index is 0.301. The van der Waals surface area contributed by atoms with Crippen LogP contribution in [-0.4, -0.2) is 11.6 Å². The quantitative estimate of drug-likeness (QED) is 0.643. The van der Waals surface area contributed by atoms with E-state index in [1.807, 2.05) is 6.92 Å². The molecule has 2 rings (SSSR count). The molecule has 0 unspecified atom stereocenters. The van der Waals surface area contributed by atoms with E-state index in [-0.39, 0.29) is 11.7 Å². The van der Waals surface area contributed by atoms with Gasteiger partial charge in [0.25, 0.3) is 5.91 Å². The van der Waals surface area contributed by atoms with Crippen molar-refractivity contribution in [2.45, 2.75) is 19.8 Å². The molecule has 5 heteroatoms. The topological polar surface area (TPSA) is 41.5 Å². The van der Waals surface area contributed by atoms with Gasteiger partial charge in [0.2, 0.25) is 0 Å². The van der Waals surface area contributed by atoms with E-state index < -0.39 is 0 Å². The molecule has 22 heavy (non-hydrogen) atoms. The summed E-state index contributed by atoms with van der Waals surface area (Å²) in [6, 6.07) is 12.6. The van der Waals surface area contributed by atoms with Crippen molar-refractivity contribution in [1.82, 2.24) is 5.43 Å². The molecular weight excluding hydrogens is 303 g/mol. The van der Waals surface area contributed by atoms with Gasteiger partial charge < -0.3 is 0 Å². The molecule has 0 radical (unpaired) electrons. The van der Waals surface area contributed by atoms with Crippen molar-refractivity contribution < 1.29 is 9.18 Å².